The topological polar surface area (TPSA) is 61.1 Å². The van der Waals surface area contributed by atoms with E-state index in [9.17, 15) is 4.79 Å². The van der Waals surface area contributed by atoms with Crippen LogP contribution in [-0.4, -0.2) is 61.4 Å². The Kier molecular flexibility index (Phi) is 9.65. The van der Waals surface area contributed by atoms with Crippen LogP contribution in [0.15, 0.2) is 27.8 Å². The van der Waals surface area contributed by atoms with Gasteiger partial charge in [-0.3, -0.25) is 9.79 Å². The van der Waals surface area contributed by atoms with Gasteiger partial charge in [-0.15, -0.1) is 0 Å². The number of guanidine groups is 1. The van der Waals surface area contributed by atoms with Gasteiger partial charge in [-0.05, 0) is 32.4 Å². The van der Waals surface area contributed by atoms with Crippen molar-refractivity contribution in [1.29, 1.82) is 0 Å². The number of rotatable bonds is 10. The maximum absolute atomic E-state index is 12.3. The second-order valence-electron chi connectivity index (χ2n) is 5.74. The first-order valence-corrected chi connectivity index (χ1v) is 8.91. The van der Waals surface area contributed by atoms with Crippen molar-refractivity contribution in [3.8, 4) is 0 Å². The summed E-state index contributed by atoms with van der Waals surface area (Å²) in [6, 6.07) is 3.85. The molecule has 0 spiro atoms. The standard InChI is InChI=1S/C18H32N4O2/c1-5-8-12-19-18(20-13-11-16-10-9-14-24-16)21(4)15-17(23)22(6-2)7-3/h9-10,14H,5-8,11-13,15H2,1-4H3,(H,19,20). The van der Waals surface area contributed by atoms with Crippen LogP contribution < -0.4 is 5.32 Å². The summed E-state index contributed by atoms with van der Waals surface area (Å²) in [4.78, 5) is 20.7. The van der Waals surface area contributed by atoms with E-state index in [1.165, 1.54) is 0 Å². The number of furan rings is 1. The van der Waals surface area contributed by atoms with Crippen LogP contribution in [-0.2, 0) is 11.2 Å². The van der Waals surface area contributed by atoms with Gasteiger partial charge in [0.15, 0.2) is 5.96 Å². The lowest BCUT2D eigenvalue weighted by atomic mass is 10.3. The highest BCUT2D eigenvalue weighted by Gasteiger charge is 2.15. The number of nitrogens with one attached hydrogen (secondary N) is 1. The average molecular weight is 336 g/mol. The van der Waals surface area contributed by atoms with E-state index < -0.39 is 0 Å². The third kappa shape index (κ3) is 7.06. The van der Waals surface area contributed by atoms with Crippen molar-refractivity contribution in [2.75, 3.05) is 39.8 Å². The van der Waals surface area contributed by atoms with Gasteiger partial charge in [-0.1, -0.05) is 13.3 Å². The average Bonchev–Trinajstić information content (AvgIpc) is 3.08. The summed E-state index contributed by atoms with van der Waals surface area (Å²) in [6.45, 7) is 9.44. The van der Waals surface area contributed by atoms with Crippen molar-refractivity contribution in [3.63, 3.8) is 0 Å². The Hall–Kier alpha value is -1.98. The summed E-state index contributed by atoms with van der Waals surface area (Å²) >= 11 is 0. The summed E-state index contributed by atoms with van der Waals surface area (Å²) in [7, 11) is 1.91. The van der Waals surface area contributed by atoms with E-state index in [2.05, 4.69) is 17.2 Å². The van der Waals surface area contributed by atoms with Crippen LogP contribution in [0.4, 0.5) is 0 Å². The van der Waals surface area contributed by atoms with Crippen LogP contribution in [0.2, 0.25) is 0 Å². The molecule has 1 heterocycles. The van der Waals surface area contributed by atoms with Crippen molar-refractivity contribution >= 4 is 11.9 Å². The summed E-state index contributed by atoms with van der Waals surface area (Å²) in [6.07, 6.45) is 4.62. The lowest BCUT2D eigenvalue weighted by Gasteiger charge is -2.26. The fraction of sp³-hybridized carbons (Fsp3) is 0.667. The summed E-state index contributed by atoms with van der Waals surface area (Å²) < 4.78 is 5.35. The molecule has 136 valence electrons. The molecule has 0 radical (unpaired) electrons. The minimum absolute atomic E-state index is 0.124. The number of unbranched alkanes of at least 4 members (excludes halogenated alkanes) is 1. The zero-order valence-electron chi connectivity index (χ0n) is 15.5. The van der Waals surface area contributed by atoms with Crippen molar-refractivity contribution in [2.45, 2.75) is 40.0 Å². The zero-order valence-corrected chi connectivity index (χ0v) is 15.5. The Labute approximate surface area is 145 Å². The molecule has 0 saturated carbocycles. The molecule has 1 rings (SSSR count). The number of hydrogen-bond acceptors (Lipinski definition) is 3. The van der Waals surface area contributed by atoms with Crippen LogP contribution in [0.5, 0.6) is 0 Å². The highest BCUT2D eigenvalue weighted by molar-refractivity contribution is 5.86. The molecule has 0 aliphatic rings. The van der Waals surface area contributed by atoms with Crippen LogP contribution >= 0.6 is 0 Å². The highest BCUT2D eigenvalue weighted by Crippen LogP contribution is 2.00. The first-order chi connectivity index (χ1) is 11.6. The number of amides is 1. The molecule has 0 saturated heterocycles. The van der Waals surface area contributed by atoms with Gasteiger partial charge in [-0.2, -0.15) is 0 Å². The van der Waals surface area contributed by atoms with E-state index in [4.69, 9.17) is 4.42 Å². The van der Waals surface area contributed by atoms with Crippen LogP contribution in [0, 0.1) is 0 Å². The monoisotopic (exact) mass is 336 g/mol. The molecule has 24 heavy (non-hydrogen) atoms. The molecular weight excluding hydrogens is 304 g/mol. The number of likely N-dealkylation sites (N-methyl/N-ethyl adjacent to an activating group) is 2. The predicted molar refractivity (Wildman–Crippen MR) is 98.2 cm³/mol. The van der Waals surface area contributed by atoms with Gasteiger partial charge in [0.1, 0.15) is 5.76 Å². The molecule has 0 aliphatic carbocycles. The van der Waals surface area contributed by atoms with E-state index in [0.29, 0.717) is 6.54 Å². The fourth-order valence-corrected chi connectivity index (χ4v) is 2.36. The normalized spacial score (nSPS) is 11.4. The van der Waals surface area contributed by atoms with Gasteiger partial charge in [0.05, 0.1) is 12.8 Å². The van der Waals surface area contributed by atoms with E-state index in [-0.39, 0.29) is 5.91 Å². The van der Waals surface area contributed by atoms with Crippen LogP contribution in [0.1, 0.15) is 39.4 Å². The quantitative estimate of drug-likeness (QED) is 0.405. The molecule has 0 bridgehead atoms. The second kappa shape index (κ2) is 11.5. The van der Waals surface area contributed by atoms with Crippen molar-refractivity contribution < 1.29 is 9.21 Å². The third-order valence-electron chi connectivity index (χ3n) is 3.86. The summed E-state index contributed by atoms with van der Waals surface area (Å²) in [5.74, 6) is 1.84. The molecule has 1 amide bonds. The minimum Gasteiger partial charge on any atom is -0.469 e. The number of aliphatic imine (C=N–C) groups is 1. The van der Waals surface area contributed by atoms with Gasteiger partial charge in [0, 0.05) is 39.6 Å². The summed E-state index contributed by atoms with van der Waals surface area (Å²) in [5, 5.41) is 3.34. The van der Waals surface area contributed by atoms with Crippen LogP contribution in [0.25, 0.3) is 0 Å². The molecule has 0 aliphatic heterocycles. The lowest BCUT2D eigenvalue weighted by Crippen LogP contribution is -2.46. The maximum Gasteiger partial charge on any atom is 0.242 e. The molecule has 0 aromatic carbocycles. The number of hydrogen-bond donors (Lipinski definition) is 1. The number of carbonyl (C=O) groups excluding carboxylic acids is 1. The van der Waals surface area contributed by atoms with Gasteiger partial charge in [-0.25, -0.2) is 0 Å². The molecule has 6 nitrogen and oxygen atoms in total. The molecule has 0 atom stereocenters. The lowest BCUT2D eigenvalue weighted by molar-refractivity contribution is -0.131. The molecule has 1 N–H and O–H groups in total. The SMILES string of the molecule is CCCCN=C(NCCc1ccco1)N(C)CC(=O)N(CC)CC. The predicted octanol–water partition coefficient (Wildman–Crippen LogP) is 2.37. The molecule has 1 aromatic heterocycles. The molecular formula is C18H32N4O2. The Bertz CT molecular complexity index is 481. The highest BCUT2D eigenvalue weighted by atomic mass is 16.3. The van der Waals surface area contributed by atoms with Crippen molar-refractivity contribution in [2.24, 2.45) is 4.99 Å². The first-order valence-electron chi connectivity index (χ1n) is 8.91. The Morgan fingerprint density at radius 1 is 1.29 bits per heavy atom. The first kappa shape index (κ1) is 20.1. The van der Waals surface area contributed by atoms with Gasteiger partial charge >= 0.3 is 0 Å². The van der Waals surface area contributed by atoms with Crippen molar-refractivity contribution in [1.82, 2.24) is 15.1 Å². The largest absolute Gasteiger partial charge is 0.469 e. The maximum atomic E-state index is 12.3. The van der Waals surface area contributed by atoms with Gasteiger partial charge in [0.2, 0.25) is 5.91 Å². The molecule has 1 aromatic rings. The molecule has 0 unspecified atom stereocenters. The number of carbonyl (C=O) groups is 1. The van der Waals surface area contributed by atoms with Crippen molar-refractivity contribution in [3.05, 3.63) is 24.2 Å². The molecule has 6 heteroatoms. The van der Waals surface area contributed by atoms with E-state index >= 15 is 0 Å². The van der Waals surface area contributed by atoms with Gasteiger partial charge < -0.3 is 19.5 Å². The van der Waals surface area contributed by atoms with Gasteiger partial charge in [0.25, 0.3) is 0 Å². The third-order valence-corrected chi connectivity index (χ3v) is 3.86. The Balaban J connectivity index is 2.58. The Morgan fingerprint density at radius 3 is 2.62 bits per heavy atom. The zero-order chi connectivity index (χ0) is 17.8. The van der Waals surface area contributed by atoms with E-state index in [1.807, 2.05) is 42.8 Å². The second-order valence-corrected chi connectivity index (χ2v) is 5.74. The Morgan fingerprint density at radius 2 is 2.04 bits per heavy atom. The smallest absolute Gasteiger partial charge is 0.242 e. The molecule has 0 fully saturated rings. The summed E-state index contributed by atoms with van der Waals surface area (Å²) in [5.41, 5.74) is 0. The van der Waals surface area contributed by atoms with E-state index in [1.54, 1.807) is 6.26 Å². The number of nitrogens with zero attached hydrogens (tertiary/aromatic N) is 3. The fourth-order valence-electron chi connectivity index (χ4n) is 2.36. The minimum atomic E-state index is 0.124. The van der Waals surface area contributed by atoms with Crippen LogP contribution in [0.3, 0.4) is 0 Å². The van der Waals surface area contributed by atoms with E-state index in [0.717, 1.165) is 57.2 Å².